The lowest BCUT2D eigenvalue weighted by Gasteiger charge is -2.20. The molecule has 2 aromatic rings. The van der Waals surface area contributed by atoms with E-state index in [-0.39, 0.29) is 0 Å². The van der Waals surface area contributed by atoms with Gasteiger partial charge in [-0.25, -0.2) is 9.97 Å². The average molecular weight is 342 g/mol. The van der Waals surface area contributed by atoms with Gasteiger partial charge >= 0.3 is 0 Å². The molecule has 25 heavy (non-hydrogen) atoms. The molecular formula is C19H26N4O2. The number of carboxylic acids is 1. The first-order valence-corrected chi connectivity index (χ1v) is 8.97. The van der Waals surface area contributed by atoms with Gasteiger partial charge in [-0.05, 0) is 49.1 Å². The first-order chi connectivity index (χ1) is 12.0. The largest absolute Gasteiger partial charge is 0.481 e. The Kier molecular flexibility index (Phi) is 5.36. The number of aromatic nitrogens is 3. The molecule has 3 atom stereocenters. The fourth-order valence-corrected chi connectivity index (χ4v) is 4.47. The van der Waals surface area contributed by atoms with Crippen molar-refractivity contribution in [3.63, 3.8) is 0 Å². The van der Waals surface area contributed by atoms with Crippen LogP contribution in [0.1, 0.15) is 39.0 Å². The summed E-state index contributed by atoms with van der Waals surface area (Å²) in [7, 11) is 0. The molecule has 0 saturated heterocycles. The van der Waals surface area contributed by atoms with Gasteiger partial charge in [-0.3, -0.25) is 4.79 Å². The van der Waals surface area contributed by atoms with E-state index in [1.54, 1.807) is 6.20 Å². The Morgan fingerprint density at radius 2 is 2.08 bits per heavy atom. The van der Waals surface area contributed by atoms with Crippen LogP contribution >= 0.6 is 0 Å². The minimum atomic E-state index is -0.833. The lowest BCUT2D eigenvalue weighted by atomic mass is 9.92. The van der Waals surface area contributed by atoms with E-state index in [9.17, 15) is 0 Å². The van der Waals surface area contributed by atoms with Crippen molar-refractivity contribution in [3.8, 4) is 11.4 Å². The number of hydrogen-bond acceptors (Lipinski definition) is 4. The van der Waals surface area contributed by atoms with Gasteiger partial charge in [-0.1, -0.05) is 12.8 Å². The van der Waals surface area contributed by atoms with E-state index in [4.69, 9.17) is 15.6 Å². The molecule has 0 bridgehead atoms. The van der Waals surface area contributed by atoms with Crippen molar-refractivity contribution < 1.29 is 9.90 Å². The highest BCUT2D eigenvalue weighted by Gasteiger charge is 2.39. The molecule has 3 N–H and O–H groups in total. The van der Waals surface area contributed by atoms with Crippen LogP contribution in [0.5, 0.6) is 0 Å². The van der Waals surface area contributed by atoms with E-state index in [2.05, 4.69) is 20.7 Å². The number of hydrogen-bond donors (Lipinski definition) is 2. The van der Waals surface area contributed by atoms with E-state index < -0.39 is 5.97 Å². The van der Waals surface area contributed by atoms with Crippen LogP contribution in [0, 0.1) is 17.8 Å². The Hall–Kier alpha value is -2.37. The van der Waals surface area contributed by atoms with Crippen LogP contribution < -0.4 is 5.73 Å². The number of nitrogen functional groups attached to an aromatic ring is 1. The summed E-state index contributed by atoms with van der Waals surface area (Å²) in [6, 6.07) is 3.90. The molecule has 2 fully saturated rings. The summed E-state index contributed by atoms with van der Waals surface area (Å²) in [5, 5.41) is 7.42. The van der Waals surface area contributed by atoms with E-state index in [0.717, 1.165) is 42.6 Å². The predicted molar refractivity (Wildman–Crippen MR) is 96.7 cm³/mol. The second kappa shape index (κ2) is 7.68. The predicted octanol–water partition coefficient (Wildman–Crippen LogP) is 3.44. The minimum Gasteiger partial charge on any atom is -0.481 e. The van der Waals surface area contributed by atoms with Crippen LogP contribution in [-0.4, -0.2) is 25.6 Å². The molecule has 0 aromatic carbocycles. The van der Waals surface area contributed by atoms with Gasteiger partial charge in [-0.15, -0.1) is 0 Å². The Morgan fingerprint density at radius 1 is 1.28 bits per heavy atom. The second-order valence-corrected chi connectivity index (χ2v) is 7.08. The molecule has 2 aliphatic carbocycles. The number of imidazole rings is 1. The summed E-state index contributed by atoms with van der Waals surface area (Å²) in [4.78, 5) is 17.6. The zero-order valence-corrected chi connectivity index (χ0v) is 14.6. The zero-order chi connectivity index (χ0) is 17.8. The number of carboxylic acid groups (broad SMARTS) is 1. The van der Waals surface area contributed by atoms with Gasteiger partial charge in [0.05, 0.1) is 0 Å². The highest BCUT2D eigenvalue weighted by Crippen LogP contribution is 2.48. The Balaban J connectivity index is 0.000000415. The van der Waals surface area contributed by atoms with Gasteiger partial charge < -0.3 is 15.4 Å². The maximum Gasteiger partial charge on any atom is 0.300 e. The summed E-state index contributed by atoms with van der Waals surface area (Å²) in [6.45, 7) is 2.18. The van der Waals surface area contributed by atoms with Gasteiger partial charge in [0.1, 0.15) is 11.6 Å². The molecule has 6 nitrogen and oxygen atoms in total. The van der Waals surface area contributed by atoms with Crippen LogP contribution in [0.4, 0.5) is 5.82 Å². The van der Waals surface area contributed by atoms with Crippen molar-refractivity contribution >= 4 is 11.8 Å². The fourth-order valence-electron chi connectivity index (χ4n) is 4.47. The Labute approximate surface area is 148 Å². The van der Waals surface area contributed by atoms with Crippen molar-refractivity contribution in [3.05, 3.63) is 30.7 Å². The lowest BCUT2D eigenvalue weighted by molar-refractivity contribution is -0.134. The van der Waals surface area contributed by atoms with Gasteiger partial charge in [-0.2, -0.15) is 0 Å². The standard InChI is InChI=1S/C17H22N4.C2H4O2/c18-16-10-13(6-7-19-16)17-20-8-9-21(17)11-14-5-4-12-2-1-3-15(12)14;1-2(3)4/h6-10,12,14-15H,1-5,11H2,(H2,18,19);1H3,(H,3,4)/t12-,14+,15-;/m1./s1. The number of nitrogens with two attached hydrogens (primary N) is 1. The van der Waals surface area contributed by atoms with E-state index >= 15 is 0 Å². The molecule has 2 aromatic heterocycles. The lowest BCUT2D eigenvalue weighted by Crippen LogP contribution is -2.16. The third-order valence-corrected chi connectivity index (χ3v) is 5.42. The molecule has 6 heteroatoms. The maximum absolute atomic E-state index is 9.00. The number of anilines is 1. The fraction of sp³-hybridized carbons (Fsp3) is 0.526. The van der Waals surface area contributed by atoms with E-state index in [1.807, 2.05) is 18.3 Å². The molecule has 0 unspecified atom stereocenters. The summed E-state index contributed by atoms with van der Waals surface area (Å²) in [6.07, 6.45) is 12.9. The smallest absolute Gasteiger partial charge is 0.300 e. The molecule has 2 saturated carbocycles. The number of carbonyl (C=O) groups is 1. The number of nitrogens with zero attached hydrogens (tertiary/aromatic N) is 3. The molecular weight excluding hydrogens is 316 g/mol. The average Bonchev–Trinajstić information content (AvgIpc) is 3.25. The van der Waals surface area contributed by atoms with E-state index in [0.29, 0.717) is 5.82 Å². The normalized spacial score (nSPS) is 24.4. The molecule has 2 aliphatic rings. The molecule has 4 rings (SSSR count). The third kappa shape index (κ3) is 4.18. The molecule has 2 heterocycles. The monoisotopic (exact) mass is 342 g/mol. The van der Waals surface area contributed by atoms with Crippen molar-refractivity contribution in [2.75, 3.05) is 5.73 Å². The highest BCUT2D eigenvalue weighted by atomic mass is 16.4. The Bertz CT molecular complexity index is 724. The summed E-state index contributed by atoms with van der Waals surface area (Å²) in [5.41, 5.74) is 6.86. The topological polar surface area (TPSA) is 94.0 Å². The maximum atomic E-state index is 9.00. The zero-order valence-electron chi connectivity index (χ0n) is 14.6. The van der Waals surface area contributed by atoms with Gasteiger partial charge in [0, 0.05) is 37.6 Å². The number of aliphatic carboxylic acids is 1. The minimum absolute atomic E-state index is 0.554. The van der Waals surface area contributed by atoms with Crippen LogP contribution in [0.25, 0.3) is 11.4 Å². The van der Waals surface area contributed by atoms with Gasteiger partial charge in [0.25, 0.3) is 5.97 Å². The first-order valence-electron chi connectivity index (χ1n) is 8.97. The number of fused-ring (bicyclic) bond motifs is 1. The summed E-state index contributed by atoms with van der Waals surface area (Å²) < 4.78 is 2.31. The second-order valence-electron chi connectivity index (χ2n) is 7.08. The molecule has 134 valence electrons. The van der Waals surface area contributed by atoms with Crippen LogP contribution in [0.2, 0.25) is 0 Å². The highest BCUT2D eigenvalue weighted by molar-refractivity contribution is 5.63. The summed E-state index contributed by atoms with van der Waals surface area (Å²) >= 11 is 0. The molecule has 0 amide bonds. The van der Waals surface area contributed by atoms with Gasteiger partial charge in [0.15, 0.2) is 0 Å². The molecule has 0 aliphatic heterocycles. The van der Waals surface area contributed by atoms with Crippen molar-refractivity contribution in [1.82, 2.24) is 14.5 Å². The molecule has 0 spiro atoms. The van der Waals surface area contributed by atoms with Crippen LogP contribution in [-0.2, 0) is 11.3 Å². The van der Waals surface area contributed by atoms with Crippen molar-refractivity contribution in [2.24, 2.45) is 17.8 Å². The molecule has 0 radical (unpaired) electrons. The summed E-state index contributed by atoms with van der Waals surface area (Å²) in [5.74, 6) is 3.51. The number of pyridine rings is 1. The third-order valence-electron chi connectivity index (χ3n) is 5.42. The number of rotatable bonds is 3. The van der Waals surface area contributed by atoms with Crippen LogP contribution in [0.3, 0.4) is 0 Å². The quantitative estimate of drug-likeness (QED) is 0.891. The first kappa shape index (κ1) is 17.5. The SMILES string of the molecule is CC(=O)O.Nc1cc(-c2nccn2C[C@@H]2CC[C@H]3CCC[C@H]32)ccn1. The van der Waals surface area contributed by atoms with Crippen molar-refractivity contribution in [1.29, 1.82) is 0 Å². The van der Waals surface area contributed by atoms with E-state index in [1.165, 1.54) is 32.1 Å². The van der Waals surface area contributed by atoms with Gasteiger partial charge in [0.2, 0.25) is 0 Å². The Morgan fingerprint density at radius 3 is 2.84 bits per heavy atom. The van der Waals surface area contributed by atoms with Crippen LogP contribution in [0.15, 0.2) is 30.7 Å². The van der Waals surface area contributed by atoms with Crippen molar-refractivity contribution in [2.45, 2.75) is 45.6 Å².